The van der Waals surface area contributed by atoms with Crippen LogP contribution in [0.5, 0.6) is 0 Å². The van der Waals surface area contributed by atoms with Crippen LogP contribution in [-0.2, 0) is 13.0 Å². The van der Waals surface area contributed by atoms with Crippen LogP contribution in [0.1, 0.15) is 31.1 Å². The van der Waals surface area contributed by atoms with Gasteiger partial charge in [0, 0.05) is 38.5 Å². The first kappa shape index (κ1) is 15.0. The fourth-order valence-electron chi connectivity index (χ4n) is 2.35. The molecule has 0 aromatic carbocycles. The molecule has 0 aliphatic heterocycles. The Labute approximate surface area is 138 Å². The lowest BCUT2D eigenvalue weighted by atomic mass is 10.1. The smallest absolute Gasteiger partial charge is 0.0466 e. The van der Waals surface area contributed by atoms with Crippen molar-refractivity contribution >= 4 is 34.0 Å². The van der Waals surface area contributed by atoms with Gasteiger partial charge in [-0.25, -0.2) is 0 Å². The summed E-state index contributed by atoms with van der Waals surface area (Å²) < 4.78 is 0. The summed E-state index contributed by atoms with van der Waals surface area (Å²) in [4.78, 5) is 5.73. The van der Waals surface area contributed by atoms with E-state index in [4.69, 9.17) is 0 Å². The summed E-state index contributed by atoms with van der Waals surface area (Å²) in [6.45, 7) is 5.34. The van der Waals surface area contributed by atoms with Crippen LogP contribution < -0.4 is 5.32 Å². The van der Waals surface area contributed by atoms with Crippen LogP contribution in [0.25, 0.3) is 0 Å². The van der Waals surface area contributed by atoms with Gasteiger partial charge in [-0.1, -0.05) is 12.1 Å². The Balaban J connectivity index is 1.70. The van der Waals surface area contributed by atoms with E-state index in [1.165, 1.54) is 25.1 Å². The summed E-state index contributed by atoms with van der Waals surface area (Å²) in [5.41, 5.74) is 1.41. The van der Waals surface area contributed by atoms with E-state index in [1.54, 1.807) is 0 Å². The second-order valence-electron chi connectivity index (χ2n) is 5.18. The summed E-state index contributed by atoms with van der Waals surface area (Å²) in [6, 6.07) is 11.5. The third kappa shape index (κ3) is 3.83. The molecule has 3 heterocycles. The molecule has 1 nitrogen and oxygen atoms in total. The van der Waals surface area contributed by atoms with Crippen molar-refractivity contribution in [2.24, 2.45) is 0 Å². The molecule has 0 aliphatic rings. The fourth-order valence-corrected chi connectivity index (χ4v) is 4.91. The summed E-state index contributed by atoms with van der Waals surface area (Å²) in [6.07, 6.45) is 1.07. The first-order chi connectivity index (χ1) is 10.2. The highest BCUT2D eigenvalue weighted by atomic mass is 32.1. The van der Waals surface area contributed by atoms with E-state index in [9.17, 15) is 0 Å². The van der Waals surface area contributed by atoms with Gasteiger partial charge in [-0.2, -0.15) is 0 Å². The maximum absolute atomic E-state index is 3.74. The zero-order valence-electron chi connectivity index (χ0n) is 12.3. The van der Waals surface area contributed by atoms with Gasteiger partial charge in [0.25, 0.3) is 0 Å². The number of rotatable bonds is 6. The first-order valence-electron chi connectivity index (χ1n) is 7.07. The average molecular weight is 334 g/mol. The largest absolute Gasteiger partial charge is 0.304 e. The van der Waals surface area contributed by atoms with Gasteiger partial charge < -0.3 is 5.32 Å². The van der Waals surface area contributed by atoms with Crippen LogP contribution >= 0.6 is 34.0 Å². The number of aryl methyl sites for hydroxylation is 2. The predicted octanol–water partition coefficient (Wildman–Crippen LogP) is 5.56. The average Bonchev–Trinajstić information content (AvgIpc) is 3.18. The third-order valence-electron chi connectivity index (χ3n) is 3.61. The monoisotopic (exact) mass is 333 g/mol. The lowest BCUT2D eigenvalue weighted by Gasteiger charge is -2.16. The van der Waals surface area contributed by atoms with Crippen LogP contribution in [0.4, 0.5) is 0 Å². The Morgan fingerprint density at radius 3 is 2.48 bits per heavy atom. The Morgan fingerprint density at radius 2 is 1.86 bits per heavy atom. The quantitative estimate of drug-likeness (QED) is 0.622. The Hall–Kier alpha value is -0.940. The predicted molar refractivity (Wildman–Crippen MR) is 95.7 cm³/mol. The zero-order valence-corrected chi connectivity index (χ0v) is 14.7. The van der Waals surface area contributed by atoms with Gasteiger partial charge in [-0.3, -0.25) is 0 Å². The van der Waals surface area contributed by atoms with Gasteiger partial charge in [0.05, 0.1) is 0 Å². The van der Waals surface area contributed by atoms with Crippen molar-refractivity contribution in [2.45, 2.75) is 32.9 Å². The lowest BCUT2D eigenvalue weighted by Crippen LogP contribution is -2.21. The summed E-state index contributed by atoms with van der Waals surface area (Å²) in [5.74, 6) is 0. The maximum Gasteiger partial charge on any atom is 0.0466 e. The van der Waals surface area contributed by atoms with Crippen molar-refractivity contribution in [3.8, 4) is 0 Å². The molecule has 0 saturated carbocycles. The van der Waals surface area contributed by atoms with Gasteiger partial charge >= 0.3 is 0 Å². The lowest BCUT2D eigenvalue weighted by molar-refractivity contribution is 0.545. The standard InChI is InChI=1S/C17H19NS3/c1-12-9-15(21-13(12)2)11-18-16(17-6-4-8-20-17)10-14-5-3-7-19-14/h3-9,16,18H,10-11H2,1-2H3. The van der Waals surface area contributed by atoms with Crippen molar-refractivity contribution in [3.63, 3.8) is 0 Å². The fraction of sp³-hybridized carbons (Fsp3) is 0.294. The Kier molecular flexibility index (Phi) is 4.91. The van der Waals surface area contributed by atoms with E-state index in [0.29, 0.717) is 6.04 Å². The third-order valence-corrected chi connectivity index (χ3v) is 6.65. The maximum atomic E-state index is 3.74. The zero-order chi connectivity index (χ0) is 14.7. The topological polar surface area (TPSA) is 12.0 Å². The molecule has 0 fully saturated rings. The molecule has 3 aromatic rings. The minimum atomic E-state index is 0.409. The van der Waals surface area contributed by atoms with E-state index < -0.39 is 0 Å². The number of hydrogen-bond donors (Lipinski definition) is 1. The van der Waals surface area contributed by atoms with E-state index >= 15 is 0 Å². The molecule has 0 amide bonds. The highest BCUT2D eigenvalue weighted by molar-refractivity contribution is 7.12. The number of nitrogens with one attached hydrogen (secondary N) is 1. The number of hydrogen-bond acceptors (Lipinski definition) is 4. The van der Waals surface area contributed by atoms with Crippen LogP contribution in [0, 0.1) is 13.8 Å². The van der Waals surface area contributed by atoms with Crippen molar-refractivity contribution in [1.29, 1.82) is 0 Å². The molecule has 0 saturated heterocycles. The Bertz CT molecular complexity index is 646. The minimum absolute atomic E-state index is 0.409. The van der Waals surface area contributed by atoms with E-state index in [0.717, 1.165) is 13.0 Å². The van der Waals surface area contributed by atoms with Crippen molar-refractivity contribution in [1.82, 2.24) is 5.32 Å². The molecule has 1 unspecified atom stereocenters. The molecule has 0 spiro atoms. The van der Waals surface area contributed by atoms with Crippen LogP contribution in [0.2, 0.25) is 0 Å². The molecule has 0 bridgehead atoms. The second kappa shape index (κ2) is 6.88. The second-order valence-corrected chi connectivity index (χ2v) is 8.54. The van der Waals surface area contributed by atoms with Crippen molar-refractivity contribution in [3.05, 3.63) is 66.2 Å². The molecular formula is C17H19NS3. The van der Waals surface area contributed by atoms with Crippen LogP contribution in [0.15, 0.2) is 41.1 Å². The molecule has 1 N–H and O–H groups in total. The molecule has 3 aromatic heterocycles. The molecule has 0 radical (unpaired) electrons. The molecule has 110 valence electrons. The van der Waals surface area contributed by atoms with E-state index in [-0.39, 0.29) is 0 Å². The van der Waals surface area contributed by atoms with Crippen molar-refractivity contribution < 1.29 is 0 Å². The molecule has 0 aliphatic carbocycles. The van der Waals surface area contributed by atoms with Crippen molar-refractivity contribution in [2.75, 3.05) is 0 Å². The van der Waals surface area contributed by atoms with E-state index in [2.05, 4.69) is 60.3 Å². The normalized spacial score (nSPS) is 12.7. The van der Waals surface area contributed by atoms with E-state index in [1.807, 2.05) is 34.0 Å². The first-order valence-corrected chi connectivity index (χ1v) is 9.65. The molecule has 21 heavy (non-hydrogen) atoms. The summed E-state index contributed by atoms with van der Waals surface area (Å²) >= 11 is 5.59. The van der Waals surface area contributed by atoms with Gasteiger partial charge in [0.15, 0.2) is 0 Å². The summed E-state index contributed by atoms with van der Waals surface area (Å²) in [5, 5.41) is 8.07. The molecular weight excluding hydrogens is 314 g/mol. The Morgan fingerprint density at radius 1 is 1.05 bits per heavy atom. The molecule has 1 atom stereocenters. The van der Waals surface area contributed by atoms with Crippen LogP contribution in [-0.4, -0.2) is 0 Å². The molecule has 3 rings (SSSR count). The minimum Gasteiger partial charge on any atom is -0.304 e. The van der Waals surface area contributed by atoms with Gasteiger partial charge in [-0.15, -0.1) is 34.0 Å². The van der Waals surface area contributed by atoms with Crippen LogP contribution in [0.3, 0.4) is 0 Å². The van der Waals surface area contributed by atoms with Gasteiger partial charge in [0.1, 0.15) is 0 Å². The highest BCUT2D eigenvalue weighted by Crippen LogP contribution is 2.26. The van der Waals surface area contributed by atoms with Gasteiger partial charge in [-0.05, 0) is 48.4 Å². The highest BCUT2D eigenvalue weighted by Gasteiger charge is 2.14. The molecule has 4 heteroatoms. The SMILES string of the molecule is Cc1cc(CNC(Cc2cccs2)c2cccs2)sc1C. The number of thiophene rings is 3. The van der Waals surface area contributed by atoms with Gasteiger partial charge in [0.2, 0.25) is 0 Å². The summed E-state index contributed by atoms with van der Waals surface area (Å²) in [7, 11) is 0.